The van der Waals surface area contributed by atoms with Crippen molar-refractivity contribution in [3.05, 3.63) is 21.7 Å². The fourth-order valence-electron chi connectivity index (χ4n) is 5.59. The van der Waals surface area contributed by atoms with Gasteiger partial charge in [-0.3, -0.25) is 9.59 Å². The minimum absolute atomic E-state index is 0.00205. The predicted molar refractivity (Wildman–Crippen MR) is 139 cm³/mol. The minimum Gasteiger partial charge on any atom is -0.458 e. The minimum atomic E-state index is -1.19. The van der Waals surface area contributed by atoms with Gasteiger partial charge in [-0.15, -0.1) is 11.3 Å². The molecule has 1 saturated heterocycles. The van der Waals surface area contributed by atoms with Crippen molar-refractivity contribution in [3.8, 4) is 0 Å². The molecule has 1 aromatic rings. The summed E-state index contributed by atoms with van der Waals surface area (Å²) in [5.74, 6) is -0.271. The number of hydrogen-bond acceptors (Lipinski definition) is 7. The first-order valence-electron chi connectivity index (χ1n) is 13.1. The van der Waals surface area contributed by atoms with E-state index in [0.717, 1.165) is 48.4 Å². The molecule has 196 valence electrons. The Labute approximate surface area is 214 Å². The number of aliphatic hydroxyl groups is 2. The van der Waals surface area contributed by atoms with Crippen molar-refractivity contribution < 1.29 is 24.5 Å². The number of aromatic nitrogens is 1. The molecular formula is C28H43NO5S. The van der Waals surface area contributed by atoms with Crippen LogP contribution in [0.25, 0.3) is 6.08 Å². The molecule has 6 nitrogen and oxygen atoms in total. The van der Waals surface area contributed by atoms with E-state index >= 15 is 0 Å². The summed E-state index contributed by atoms with van der Waals surface area (Å²) in [6, 6.07) is 0. The molecule has 3 rings (SSSR count). The Morgan fingerprint density at radius 1 is 1.14 bits per heavy atom. The third-order valence-electron chi connectivity index (χ3n) is 8.46. The molecule has 2 N–H and O–H groups in total. The van der Waals surface area contributed by atoms with Gasteiger partial charge in [-0.1, -0.05) is 40.5 Å². The average molecular weight is 506 g/mol. The summed E-state index contributed by atoms with van der Waals surface area (Å²) in [5, 5.41) is 24.7. The highest BCUT2D eigenvalue weighted by Gasteiger charge is 2.43. The van der Waals surface area contributed by atoms with Crippen LogP contribution in [-0.4, -0.2) is 45.3 Å². The Balaban J connectivity index is 1.84. The number of carbonyl (C=O) groups is 2. The van der Waals surface area contributed by atoms with Crippen LogP contribution in [0.3, 0.4) is 0 Å². The molecule has 1 unspecified atom stereocenters. The van der Waals surface area contributed by atoms with Crippen LogP contribution in [-0.2, 0) is 14.3 Å². The lowest BCUT2D eigenvalue weighted by molar-refractivity contribution is -0.155. The monoisotopic (exact) mass is 505 g/mol. The first-order chi connectivity index (χ1) is 16.4. The molecule has 1 aliphatic heterocycles. The molecular weight excluding hydrogens is 462 g/mol. The Bertz CT molecular complexity index is 922. The normalized spacial score (nSPS) is 35.7. The highest BCUT2D eigenvalue weighted by Crippen LogP contribution is 2.43. The quantitative estimate of drug-likeness (QED) is 0.526. The van der Waals surface area contributed by atoms with Gasteiger partial charge in [0.05, 0.1) is 34.7 Å². The van der Waals surface area contributed by atoms with Gasteiger partial charge in [0, 0.05) is 11.3 Å². The standard InChI is InChI=1S/C28H43NO5S/c1-16-8-7-9-20-10-11-21(20)13-23(17(2)12-22-15-35-19(4)29-22)34-25(31)14-24(30)28(5,6)27(33)18(3)26(16)32/h12,15-16,18,20-21,23-24,26,30,32H,7-11,13-14H2,1-6H3/b17-12+/t16-,18+,20+,21+,23?,24-,26-/m0/s1. The molecule has 7 atom stereocenters. The maximum Gasteiger partial charge on any atom is 0.309 e. The van der Waals surface area contributed by atoms with Gasteiger partial charge in [0.1, 0.15) is 11.9 Å². The zero-order valence-corrected chi connectivity index (χ0v) is 22.9. The van der Waals surface area contributed by atoms with Crippen LogP contribution in [0, 0.1) is 36.0 Å². The van der Waals surface area contributed by atoms with Crippen molar-refractivity contribution in [2.75, 3.05) is 0 Å². The summed E-state index contributed by atoms with van der Waals surface area (Å²) >= 11 is 1.59. The van der Waals surface area contributed by atoms with Gasteiger partial charge >= 0.3 is 5.97 Å². The van der Waals surface area contributed by atoms with Gasteiger partial charge in [-0.25, -0.2) is 4.98 Å². The highest BCUT2D eigenvalue weighted by atomic mass is 32.1. The molecule has 1 saturated carbocycles. The number of ketones is 1. The van der Waals surface area contributed by atoms with Gasteiger partial charge in [-0.05, 0) is 68.9 Å². The molecule has 35 heavy (non-hydrogen) atoms. The number of cyclic esters (lactones) is 1. The lowest BCUT2D eigenvalue weighted by Gasteiger charge is -2.40. The van der Waals surface area contributed by atoms with Crippen LogP contribution in [0.2, 0.25) is 0 Å². The molecule has 0 bridgehead atoms. The van der Waals surface area contributed by atoms with Gasteiger partial charge < -0.3 is 14.9 Å². The van der Waals surface area contributed by atoms with E-state index in [4.69, 9.17) is 4.74 Å². The summed E-state index contributed by atoms with van der Waals surface area (Å²) in [6.45, 7) is 11.0. The van der Waals surface area contributed by atoms with Gasteiger partial charge in [0.25, 0.3) is 0 Å². The number of esters is 1. The van der Waals surface area contributed by atoms with E-state index in [1.165, 1.54) is 6.42 Å². The molecule has 2 heterocycles. The smallest absolute Gasteiger partial charge is 0.309 e. The number of aliphatic hydroxyl groups excluding tert-OH is 2. The largest absolute Gasteiger partial charge is 0.458 e. The Morgan fingerprint density at radius 3 is 2.43 bits per heavy atom. The summed E-state index contributed by atoms with van der Waals surface area (Å²) in [7, 11) is 0. The van der Waals surface area contributed by atoms with E-state index in [2.05, 4.69) is 4.98 Å². The van der Waals surface area contributed by atoms with Crippen molar-refractivity contribution in [2.24, 2.45) is 29.1 Å². The van der Waals surface area contributed by atoms with E-state index in [0.29, 0.717) is 11.8 Å². The number of fused-ring (bicyclic) bond motifs is 1. The predicted octanol–water partition coefficient (Wildman–Crippen LogP) is 5.35. The Morgan fingerprint density at radius 2 is 1.83 bits per heavy atom. The highest BCUT2D eigenvalue weighted by molar-refractivity contribution is 7.09. The molecule has 0 amide bonds. The van der Waals surface area contributed by atoms with Crippen LogP contribution in [0.1, 0.15) is 90.3 Å². The summed E-state index contributed by atoms with van der Waals surface area (Å²) in [4.78, 5) is 30.7. The fraction of sp³-hybridized carbons (Fsp3) is 0.750. The lowest BCUT2D eigenvalue weighted by atomic mass is 9.68. The lowest BCUT2D eigenvalue weighted by Crippen LogP contribution is -2.46. The topological polar surface area (TPSA) is 96.7 Å². The third-order valence-corrected chi connectivity index (χ3v) is 9.25. The second-order valence-electron chi connectivity index (χ2n) is 11.5. The number of ether oxygens (including phenoxy) is 1. The van der Waals surface area contributed by atoms with Crippen LogP contribution in [0.5, 0.6) is 0 Å². The van der Waals surface area contributed by atoms with Crippen LogP contribution in [0.4, 0.5) is 0 Å². The number of Topliss-reactive ketones (excluding diaryl/α,β-unsaturated/α-hetero) is 1. The number of aryl methyl sites for hydroxylation is 1. The third kappa shape index (κ3) is 6.80. The zero-order chi connectivity index (χ0) is 25.9. The van der Waals surface area contributed by atoms with Gasteiger partial charge in [-0.2, -0.15) is 0 Å². The summed E-state index contributed by atoms with van der Waals surface area (Å²) < 4.78 is 5.96. The number of nitrogens with zero attached hydrogens (tertiary/aromatic N) is 1. The van der Waals surface area contributed by atoms with Gasteiger partial charge in [0.15, 0.2) is 0 Å². The molecule has 0 spiro atoms. The summed E-state index contributed by atoms with van der Waals surface area (Å²) in [6.07, 6.45) is 5.41. The molecule has 0 aromatic carbocycles. The van der Waals surface area contributed by atoms with Crippen molar-refractivity contribution in [1.82, 2.24) is 4.98 Å². The molecule has 7 heteroatoms. The molecule has 2 fully saturated rings. The number of thiazole rings is 1. The number of rotatable bonds is 2. The maximum absolute atomic E-state index is 13.2. The summed E-state index contributed by atoms with van der Waals surface area (Å²) in [5.41, 5.74) is 0.644. The maximum atomic E-state index is 13.2. The van der Waals surface area contributed by atoms with E-state index in [9.17, 15) is 19.8 Å². The molecule has 1 aromatic heterocycles. The Hall–Kier alpha value is -1.57. The molecule has 1 aliphatic carbocycles. The van der Waals surface area contributed by atoms with E-state index in [1.54, 1.807) is 32.1 Å². The van der Waals surface area contributed by atoms with Crippen molar-refractivity contribution in [1.29, 1.82) is 0 Å². The SMILES string of the molecule is C/C(=C\c1csc(C)n1)C1C[C@H]2CC[C@H]2CCC[C@H](C)[C@H](O)[C@@H](C)C(=O)C(C)(C)[C@@H](O)CC(=O)O1. The van der Waals surface area contributed by atoms with E-state index in [-0.39, 0.29) is 24.2 Å². The zero-order valence-electron chi connectivity index (χ0n) is 22.1. The molecule has 2 aliphatic rings. The van der Waals surface area contributed by atoms with Gasteiger partial charge in [0.2, 0.25) is 0 Å². The second-order valence-corrected chi connectivity index (χ2v) is 12.5. The van der Waals surface area contributed by atoms with E-state index in [1.807, 2.05) is 32.2 Å². The van der Waals surface area contributed by atoms with Crippen LogP contribution in [0.15, 0.2) is 11.0 Å². The first kappa shape index (κ1) is 28.0. The number of carbonyl (C=O) groups excluding carboxylic acids is 2. The fourth-order valence-corrected chi connectivity index (χ4v) is 6.16. The second kappa shape index (κ2) is 11.7. The number of hydrogen-bond donors (Lipinski definition) is 2. The van der Waals surface area contributed by atoms with Crippen molar-refractivity contribution >= 4 is 29.2 Å². The van der Waals surface area contributed by atoms with Crippen LogP contribution < -0.4 is 0 Å². The van der Waals surface area contributed by atoms with Crippen molar-refractivity contribution in [3.63, 3.8) is 0 Å². The average Bonchev–Trinajstić information content (AvgIpc) is 3.20. The van der Waals surface area contributed by atoms with E-state index < -0.39 is 29.5 Å². The molecule has 0 radical (unpaired) electrons. The Kier molecular flexibility index (Phi) is 9.33. The van der Waals surface area contributed by atoms with Crippen LogP contribution >= 0.6 is 11.3 Å². The first-order valence-corrected chi connectivity index (χ1v) is 14.0. The van der Waals surface area contributed by atoms with Crippen molar-refractivity contribution in [2.45, 2.75) is 105 Å².